The summed E-state index contributed by atoms with van der Waals surface area (Å²) in [6, 6.07) is 9.06. The molecule has 2 amide bonds. The third kappa shape index (κ3) is 4.40. The average molecular weight is 371 g/mol. The second kappa shape index (κ2) is 8.13. The summed E-state index contributed by atoms with van der Waals surface area (Å²) in [6.07, 6.45) is 1.25. The van der Waals surface area contributed by atoms with Crippen molar-refractivity contribution < 1.29 is 24.2 Å². The lowest BCUT2D eigenvalue weighted by Gasteiger charge is -2.35. The molecule has 0 spiro atoms. The van der Waals surface area contributed by atoms with Gasteiger partial charge in [-0.05, 0) is 18.2 Å². The maximum Gasteiger partial charge on any atom is 0.323 e. The summed E-state index contributed by atoms with van der Waals surface area (Å²) in [5.41, 5.74) is 1.31. The van der Waals surface area contributed by atoms with Gasteiger partial charge in [-0.15, -0.1) is 0 Å². The van der Waals surface area contributed by atoms with E-state index in [2.05, 4.69) is 4.98 Å². The standard InChI is InChI=1S/C19H21N3O5/c1-13(23)22(12-18(24)25)11-14-10-21(8-9-27-14)19(26)16-4-2-6-17-15(16)5-3-7-20-17/h2-7,14H,8-12H2,1H3,(H,24,25). The molecule has 3 rings (SSSR count). The number of hydrogen-bond acceptors (Lipinski definition) is 5. The first kappa shape index (κ1) is 18.8. The Morgan fingerprint density at radius 1 is 1.30 bits per heavy atom. The molecule has 0 aliphatic carbocycles. The number of carbonyl (C=O) groups excluding carboxylic acids is 2. The lowest BCUT2D eigenvalue weighted by Crippen LogP contribution is -2.51. The quantitative estimate of drug-likeness (QED) is 0.842. The van der Waals surface area contributed by atoms with Gasteiger partial charge in [0.15, 0.2) is 0 Å². The van der Waals surface area contributed by atoms with E-state index in [0.29, 0.717) is 25.3 Å². The number of rotatable bonds is 5. The third-order valence-electron chi connectivity index (χ3n) is 4.50. The number of hydrogen-bond donors (Lipinski definition) is 1. The first-order chi connectivity index (χ1) is 13.0. The number of aromatic nitrogens is 1. The summed E-state index contributed by atoms with van der Waals surface area (Å²) >= 11 is 0. The van der Waals surface area contributed by atoms with Crippen LogP contribution in [-0.2, 0) is 14.3 Å². The minimum absolute atomic E-state index is 0.127. The average Bonchev–Trinajstić information content (AvgIpc) is 2.66. The van der Waals surface area contributed by atoms with E-state index in [-0.39, 0.29) is 18.4 Å². The van der Waals surface area contributed by atoms with Crippen LogP contribution in [0.1, 0.15) is 17.3 Å². The van der Waals surface area contributed by atoms with E-state index in [1.807, 2.05) is 12.1 Å². The molecule has 142 valence electrons. The van der Waals surface area contributed by atoms with Gasteiger partial charge in [0.1, 0.15) is 6.54 Å². The van der Waals surface area contributed by atoms with Crippen molar-refractivity contribution in [1.82, 2.24) is 14.8 Å². The normalized spacial score (nSPS) is 16.9. The van der Waals surface area contributed by atoms with E-state index in [1.54, 1.807) is 29.3 Å². The van der Waals surface area contributed by atoms with Crippen LogP contribution in [0.5, 0.6) is 0 Å². The van der Waals surface area contributed by atoms with Gasteiger partial charge in [0, 0.05) is 43.7 Å². The van der Waals surface area contributed by atoms with Crippen LogP contribution in [0, 0.1) is 0 Å². The van der Waals surface area contributed by atoms with Crippen molar-refractivity contribution in [2.75, 3.05) is 32.8 Å². The maximum absolute atomic E-state index is 13.0. The lowest BCUT2D eigenvalue weighted by molar-refractivity contribution is -0.145. The van der Waals surface area contributed by atoms with Crippen LogP contribution in [0.3, 0.4) is 0 Å². The minimum Gasteiger partial charge on any atom is -0.480 e. The van der Waals surface area contributed by atoms with Gasteiger partial charge in [-0.2, -0.15) is 0 Å². The van der Waals surface area contributed by atoms with Crippen LogP contribution >= 0.6 is 0 Å². The first-order valence-electron chi connectivity index (χ1n) is 8.67. The Kier molecular flexibility index (Phi) is 5.66. The van der Waals surface area contributed by atoms with Gasteiger partial charge >= 0.3 is 5.97 Å². The Bertz CT molecular complexity index is 864. The fraction of sp³-hybridized carbons (Fsp3) is 0.368. The van der Waals surface area contributed by atoms with E-state index >= 15 is 0 Å². The Hall–Kier alpha value is -3.00. The highest BCUT2D eigenvalue weighted by atomic mass is 16.5. The molecule has 1 saturated heterocycles. The van der Waals surface area contributed by atoms with Gasteiger partial charge in [-0.1, -0.05) is 12.1 Å². The SMILES string of the molecule is CC(=O)N(CC(=O)O)CC1CN(C(=O)c2cccc3ncccc23)CCO1. The van der Waals surface area contributed by atoms with Crippen LogP contribution in [0.2, 0.25) is 0 Å². The minimum atomic E-state index is -1.09. The van der Waals surface area contributed by atoms with E-state index in [1.165, 1.54) is 11.8 Å². The van der Waals surface area contributed by atoms with Crippen LogP contribution in [-0.4, -0.2) is 76.6 Å². The molecule has 27 heavy (non-hydrogen) atoms. The van der Waals surface area contributed by atoms with Crippen molar-refractivity contribution in [3.05, 3.63) is 42.1 Å². The molecule has 2 heterocycles. The van der Waals surface area contributed by atoms with Crippen molar-refractivity contribution in [3.8, 4) is 0 Å². The first-order valence-corrected chi connectivity index (χ1v) is 8.67. The highest BCUT2D eigenvalue weighted by Gasteiger charge is 2.28. The topological polar surface area (TPSA) is 100 Å². The number of carboxylic acid groups (broad SMARTS) is 1. The Morgan fingerprint density at radius 2 is 2.11 bits per heavy atom. The summed E-state index contributed by atoms with van der Waals surface area (Å²) in [5, 5.41) is 9.73. The zero-order valence-electron chi connectivity index (χ0n) is 15.0. The molecule has 0 radical (unpaired) electrons. The molecule has 8 heteroatoms. The fourth-order valence-corrected chi connectivity index (χ4v) is 3.19. The van der Waals surface area contributed by atoms with Gasteiger partial charge in [0.05, 0.1) is 18.2 Å². The van der Waals surface area contributed by atoms with E-state index in [0.717, 1.165) is 10.9 Å². The smallest absolute Gasteiger partial charge is 0.323 e. The van der Waals surface area contributed by atoms with E-state index in [9.17, 15) is 14.4 Å². The second-order valence-corrected chi connectivity index (χ2v) is 6.41. The van der Waals surface area contributed by atoms with Crippen molar-refractivity contribution >= 4 is 28.7 Å². The molecular weight excluding hydrogens is 350 g/mol. The molecule has 1 N–H and O–H groups in total. The van der Waals surface area contributed by atoms with Gasteiger partial charge < -0.3 is 19.6 Å². The number of morpholine rings is 1. The number of benzene rings is 1. The largest absolute Gasteiger partial charge is 0.480 e. The van der Waals surface area contributed by atoms with Crippen molar-refractivity contribution in [2.45, 2.75) is 13.0 Å². The van der Waals surface area contributed by atoms with E-state index in [4.69, 9.17) is 9.84 Å². The summed E-state index contributed by atoms with van der Waals surface area (Å²) < 4.78 is 5.65. The monoisotopic (exact) mass is 371 g/mol. The molecule has 1 fully saturated rings. The van der Waals surface area contributed by atoms with Crippen LogP contribution in [0.25, 0.3) is 10.9 Å². The molecule has 1 aliphatic heterocycles. The van der Waals surface area contributed by atoms with Crippen LogP contribution < -0.4 is 0 Å². The number of aliphatic carboxylic acids is 1. The van der Waals surface area contributed by atoms with Crippen molar-refractivity contribution in [2.24, 2.45) is 0 Å². The zero-order chi connectivity index (χ0) is 19.4. The molecule has 1 atom stereocenters. The van der Waals surface area contributed by atoms with E-state index < -0.39 is 18.6 Å². The second-order valence-electron chi connectivity index (χ2n) is 6.41. The Morgan fingerprint density at radius 3 is 2.85 bits per heavy atom. The van der Waals surface area contributed by atoms with Gasteiger partial charge in [0.2, 0.25) is 5.91 Å². The number of fused-ring (bicyclic) bond motifs is 1. The summed E-state index contributed by atoms with van der Waals surface area (Å²) in [5.74, 6) is -1.56. The highest BCUT2D eigenvalue weighted by molar-refractivity contribution is 6.06. The number of pyridine rings is 1. The number of carboxylic acids is 1. The van der Waals surface area contributed by atoms with Gasteiger partial charge in [-0.3, -0.25) is 19.4 Å². The third-order valence-corrected chi connectivity index (χ3v) is 4.50. The van der Waals surface area contributed by atoms with Crippen LogP contribution in [0.4, 0.5) is 0 Å². The van der Waals surface area contributed by atoms with Crippen LogP contribution in [0.15, 0.2) is 36.5 Å². The molecule has 0 bridgehead atoms. The fourth-order valence-electron chi connectivity index (χ4n) is 3.19. The number of nitrogens with zero attached hydrogens (tertiary/aromatic N) is 3. The molecule has 1 aromatic heterocycles. The lowest BCUT2D eigenvalue weighted by atomic mass is 10.1. The van der Waals surface area contributed by atoms with Crippen molar-refractivity contribution in [1.29, 1.82) is 0 Å². The van der Waals surface area contributed by atoms with Gasteiger partial charge in [0.25, 0.3) is 5.91 Å². The summed E-state index contributed by atoms with van der Waals surface area (Å²) in [4.78, 5) is 42.8. The predicted molar refractivity (Wildman–Crippen MR) is 97.3 cm³/mol. The summed E-state index contributed by atoms with van der Waals surface area (Å²) in [7, 11) is 0. The number of ether oxygens (including phenoxy) is 1. The molecule has 8 nitrogen and oxygen atoms in total. The highest BCUT2D eigenvalue weighted by Crippen LogP contribution is 2.20. The molecule has 1 aromatic carbocycles. The Labute approximate surface area is 156 Å². The molecule has 1 unspecified atom stereocenters. The molecular formula is C19H21N3O5. The Balaban J connectivity index is 1.74. The van der Waals surface area contributed by atoms with Crippen molar-refractivity contribution in [3.63, 3.8) is 0 Å². The maximum atomic E-state index is 13.0. The predicted octanol–water partition coefficient (Wildman–Crippen LogP) is 1.01. The number of amides is 2. The molecule has 1 aliphatic rings. The zero-order valence-corrected chi connectivity index (χ0v) is 15.0. The summed E-state index contributed by atoms with van der Waals surface area (Å²) in [6.45, 7) is 2.11. The number of carbonyl (C=O) groups is 3. The van der Waals surface area contributed by atoms with Gasteiger partial charge in [-0.25, -0.2) is 0 Å². The molecule has 0 saturated carbocycles. The molecule has 2 aromatic rings.